The minimum absolute atomic E-state index is 0.529. The van der Waals surface area contributed by atoms with Crippen LogP contribution in [0.3, 0.4) is 0 Å². The zero-order valence-corrected chi connectivity index (χ0v) is 9.33. The van der Waals surface area contributed by atoms with Gasteiger partial charge in [-0.1, -0.05) is 26.0 Å². The molecule has 1 aromatic heterocycles. The van der Waals surface area contributed by atoms with E-state index >= 15 is 0 Å². The Bertz CT molecular complexity index is 343. The van der Waals surface area contributed by atoms with Gasteiger partial charge in [-0.3, -0.25) is 5.10 Å². The number of aromatic amines is 1. The van der Waals surface area contributed by atoms with Crippen LogP contribution in [0.25, 0.3) is 11.6 Å². The van der Waals surface area contributed by atoms with Crippen LogP contribution in [-0.4, -0.2) is 10.2 Å². The molecule has 0 bridgehead atoms. The lowest BCUT2D eigenvalue weighted by molar-refractivity contribution is 0.854. The predicted octanol–water partition coefficient (Wildman–Crippen LogP) is 3.50. The summed E-state index contributed by atoms with van der Waals surface area (Å²) in [6.45, 7) is 8.47. The fourth-order valence-corrected chi connectivity index (χ4v) is 1.62. The van der Waals surface area contributed by atoms with Gasteiger partial charge in [0.15, 0.2) is 0 Å². The molecule has 1 heterocycles. The fourth-order valence-electron chi connectivity index (χ4n) is 1.62. The van der Waals surface area contributed by atoms with Gasteiger partial charge in [-0.15, -0.1) is 0 Å². The number of rotatable bonds is 3. The highest BCUT2D eigenvalue weighted by Crippen LogP contribution is 2.25. The van der Waals surface area contributed by atoms with Crippen molar-refractivity contribution in [3.05, 3.63) is 29.6 Å². The van der Waals surface area contributed by atoms with Gasteiger partial charge in [0.25, 0.3) is 0 Å². The topological polar surface area (TPSA) is 28.7 Å². The standard InChI is InChI=1S/C12H18N2/c1-5-7-12-11(8-13-14-12)10(6-2)9(3)4/h5-9H,1-4H3,(H,13,14)/b7-5-,10-6-. The van der Waals surface area contributed by atoms with E-state index in [1.807, 2.05) is 25.3 Å². The van der Waals surface area contributed by atoms with Gasteiger partial charge in [-0.05, 0) is 31.4 Å². The highest BCUT2D eigenvalue weighted by Gasteiger charge is 2.10. The first-order valence-electron chi connectivity index (χ1n) is 5.03. The van der Waals surface area contributed by atoms with Gasteiger partial charge < -0.3 is 0 Å². The third-order valence-corrected chi connectivity index (χ3v) is 2.25. The molecule has 0 aromatic carbocycles. The summed E-state index contributed by atoms with van der Waals surface area (Å²) >= 11 is 0. The molecule has 0 spiro atoms. The summed E-state index contributed by atoms with van der Waals surface area (Å²) in [4.78, 5) is 0. The van der Waals surface area contributed by atoms with Gasteiger partial charge in [-0.2, -0.15) is 5.10 Å². The molecule has 2 nitrogen and oxygen atoms in total. The van der Waals surface area contributed by atoms with Gasteiger partial charge in [0.2, 0.25) is 0 Å². The molecule has 2 heteroatoms. The molecule has 1 aromatic rings. The van der Waals surface area contributed by atoms with Gasteiger partial charge in [0.05, 0.1) is 11.9 Å². The van der Waals surface area contributed by atoms with Gasteiger partial charge >= 0.3 is 0 Å². The van der Waals surface area contributed by atoms with E-state index < -0.39 is 0 Å². The average molecular weight is 190 g/mol. The smallest absolute Gasteiger partial charge is 0.0649 e. The Morgan fingerprint density at radius 1 is 1.43 bits per heavy atom. The van der Waals surface area contributed by atoms with Crippen molar-refractivity contribution in [2.75, 3.05) is 0 Å². The van der Waals surface area contributed by atoms with E-state index in [1.54, 1.807) is 0 Å². The van der Waals surface area contributed by atoms with Crippen LogP contribution in [-0.2, 0) is 0 Å². The van der Waals surface area contributed by atoms with Crippen LogP contribution in [0.5, 0.6) is 0 Å². The third-order valence-electron chi connectivity index (χ3n) is 2.25. The Labute approximate surface area is 85.7 Å². The van der Waals surface area contributed by atoms with Crippen LogP contribution in [0.4, 0.5) is 0 Å². The van der Waals surface area contributed by atoms with E-state index in [2.05, 4.69) is 37.0 Å². The number of hydrogen-bond acceptors (Lipinski definition) is 1. The van der Waals surface area contributed by atoms with Gasteiger partial charge in [-0.25, -0.2) is 0 Å². The number of allylic oxidation sites excluding steroid dienone is 3. The summed E-state index contributed by atoms with van der Waals surface area (Å²) in [7, 11) is 0. The second-order valence-electron chi connectivity index (χ2n) is 3.60. The van der Waals surface area contributed by atoms with Crippen LogP contribution in [0, 0.1) is 5.92 Å². The lowest BCUT2D eigenvalue weighted by Gasteiger charge is -2.09. The SMILES string of the molecule is C/C=C\c1[nH]ncc1/C(=C\C)C(C)C. The van der Waals surface area contributed by atoms with Crippen molar-refractivity contribution in [2.24, 2.45) is 5.92 Å². The summed E-state index contributed by atoms with van der Waals surface area (Å²) in [6, 6.07) is 0. The summed E-state index contributed by atoms with van der Waals surface area (Å²) < 4.78 is 0. The van der Waals surface area contributed by atoms with E-state index in [1.165, 1.54) is 11.1 Å². The van der Waals surface area contributed by atoms with Crippen LogP contribution in [0.2, 0.25) is 0 Å². The van der Waals surface area contributed by atoms with Crippen molar-refractivity contribution in [1.29, 1.82) is 0 Å². The molecule has 0 radical (unpaired) electrons. The number of aromatic nitrogens is 2. The summed E-state index contributed by atoms with van der Waals surface area (Å²) in [5, 5.41) is 7.07. The number of nitrogens with zero attached hydrogens (tertiary/aromatic N) is 1. The molecule has 0 atom stereocenters. The minimum atomic E-state index is 0.529. The predicted molar refractivity (Wildman–Crippen MR) is 61.8 cm³/mol. The quantitative estimate of drug-likeness (QED) is 0.776. The Hall–Kier alpha value is -1.31. The van der Waals surface area contributed by atoms with Gasteiger partial charge in [0, 0.05) is 5.56 Å². The number of hydrogen-bond donors (Lipinski definition) is 1. The number of nitrogens with one attached hydrogen (secondary N) is 1. The lowest BCUT2D eigenvalue weighted by atomic mass is 9.95. The molecule has 76 valence electrons. The largest absolute Gasteiger partial charge is 0.278 e. The summed E-state index contributed by atoms with van der Waals surface area (Å²) in [6.07, 6.45) is 8.12. The van der Waals surface area contributed by atoms with E-state index in [-0.39, 0.29) is 0 Å². The van der Waals surface area contributed by atoms with Crippen molar-refractivity contribution in [2.45, 2.75) is 27.7 Å². The second-order valence-corrected chi connectivity index (χ2v) is 3.60. The van der Waals surface area contributed by atoms with Crippen LogP contribution in [0.15, 0.2) is 18.3 Å². The Balaban J connectivity index is 3.11. The molecule has 14 heavy (non-hydrogen) atoms. The van der Waals surface area contributed by atoms with E-state index in [4.69, 9.17) is 0 Å². The van der Waals surface area contributed by atoms with Crippen LogP contribution < -0.4 is 0 Å². The second kappa shape index (κ2) is 4.80. The lowest BCUT2D eigenvalue weighted by Crippen LogP contribution is -1.93. The van der Waals surface area contributed by atoms with Crippen molar-refractivity contribution in [1.82, 2.24) is 10.2 Å². The minimum Gasteiger partial charge on any atom is -0.278 e. The maximum atomic E-state index is 4.07. The number of H-pyrrole nitrogens is 1. The zero-order chi connectivity index (χ0) is 10.6. The van der Waals surface area contributed by atoms with E-state index in [0.29, 0.717) is 5.92 Å². The first kappa shape index (κ1) is 10.8. The Morgan fingerprint density at radius 2 is 2.14 bits per heavy atom. The van der Waals surface area contributed by atoms with Crippen molar-refractivity contribution >= 4 is 11.6 Å². The summed E-state index contributed by atoms with van der Waals surface area (Å²) in [5.74, 6) is 0.529. The monoisotopic (exact) mass is 190 g/mol. The molecule has 0 saturated heterocycles. The molecule has 0 unspecified atom stereocenters. The maximum absolute atomic E-state index is 4.07. The van der Waals surface area contributed by atoms with Crippen LogP contribution >= 0.6 is 0 Å². The molecule has 0 aliphatic heterocycles. The normalized spacial score (nSPS) is 13.1. The molecule has 0 aliphatic carbocycles. The third kappa shape index (κ3) is 2.13. The highest BCUT2D eigenvalue weighted by molar-refractivity contribution is 5.72. The highest BCUT2D eigenvalue weighted by atomic mass is 15.1. The first-order valence-corrected chi connectivity index (χ1v) is 5.03. The molecule has 1 rings (SSSR count). The molecular formula is C12H18N2. The Kier molecular flexibility index (Phi) is 3.69. The first-order chi connectivity index (χ1) is 6.70. The van der Waals surface area contributed by atoms with Crippen molar-refractivity contribution in [3.8, 4) is 0 Å². The van der Waals surface area contributed by atoms with E-state index in [9.17, 15) is 0 Å². The maximum Gasteiger partial charge on any atom is 0.0649 e. The summed E-state index contributed by atoms with van der Waals surface area (Å²) in [5.41, 5.74) is 3.64. The molecule has 0 amide bonds. The Morgan fingerprint density at radius 3 is 2.64 bits per heavy atom. The van der Waals surface area contributed by atoms with Gasteiger partial charge in [0.1, 0.15) is 0 Å². The average Bonchev–Trinajstić information content (AvgIpc) is 2.55. The van der Waals surface area contributed by atoms with Crippen LogP contribution in [0.1, 0.15) is 39.0 Å². The fraction of sp³-hybridized carbons (Fsp3) is 0.417. The van der Waals surface area contributed by atoms with Crippen molar-refractivity contribution in [3.63, 3.8) is 0 Å². The molecular weight excluding hydrogens is 172 g/mol. The molecule has 1 N–H and O–H groups in total. The van der Waals surface area contributed by atoms with E-state index in [0.717, 1.165) is 5.69 Å². The molecule has 0 saturated carbocycles. The van der Waals surface area contributed by atoms with Crippen molar-refractivity contribution < 1.29 is 0 Å². The zero-order valence-electron chi connectivity index (χ0n) is 9.33. The molecule has 0 aliphatic rings. The molecule has 0 fully saturated rings.